The van der Waals surface area contributed by atoms with Gasteiger partial charge in [-0.25, -0.2) is 9.59 Å². The van der Waals surface area contributed by atoms with Crippen LogP contribution >= 0.6 is 0 Å². The van der Waals surface area contributed by atoms with Crippen molar-refractivity contribution in [1.29, 1.82) is 0 Å². The normalized spacial score (nSPS) is 15.7. The van der Waals surface area contributed by atoms with Gasteiger partial charge >= 0.3 is 11.9 Å². The average Bonchev–Trinajstić information content (AvgIpc) is 2.59. The monoisotopic (exact) mass is 373 g/mol. The number of carbonyl (C=O) groups excluding carboxylic acids is 2. The summed E-state index contributed by atoms with van der Waals surface area (Å²) in [7, 11) is 1.14. The van der Waals surface area contributed by atoms with Gasteiger partial charge in [0, 0.05) is 11.4 Å². The standard InChI is InChI=1S/C20H27NO4Si/c1-12-16(19(22)24-3)18(17(13(2)21-12)20(23)25-4)14-9-8-10-15(11-14)26(5,6)7/h8-11,18,21H,1-7H3. The average molecular weight is 374 g/mol. The fraction of sp³-hybridized carbons (Fsp3) is 0.400. The van der Waals surface area contributed by atoms with Crippen LogP contribution in [0.1, 0.15) is 25.3 Å². The number of carbonyl (C=O) groups is 2. The molecular weight excluding hydrogens is 346 g/mol. The third-order valence-electron chi connectivity index (χ3n) is 4.66. The highest BCUT2D eigenvalue weighted by molar-refractivity contribution is 6.88. The lowest BCUT2D eigenvalue weighted by atomic mass is 9.80. The number of ether oxygens (including phenoxy) is 2. The third-order valence-corrected chi connectivity index (χ3v) is 6.70. The summed E-state index contributed by atoms with van der Waals surface area (Å²) in [6, 6.07) is 8.15. The molecule has 0 amide bonds. The van der Waals surface area contributed by atoms with Gasteiger partial charge in [0.1, 0.15) is 0 Å². The second-order valence-electron chi connectivity index (χ2n) is 7.49. The van der Waals surface area contributed by atoms with Gasteiger partial charge in [0.25, 0.3) is 0 Å². The first kappa shape index (κ1) is 20.0. The van der Waals surface area contributed by atoms with Crippen LogP contribution in [0.5, 0.6) is 0 Å². The molecule has 2 rings (SSSR count). The van der Waals surface area contributed by atoms with E-state index in [0.717, 1.165) is 5.56 Å². The number of hydrogen-bond donors (Lipinski definition) is 1. The van der Waals surface area contributed by atoms with Crippen molar-refractivity contribution in [2.45, 2.75) is 39.4 Å². The van der Waals surface area contributed by atoms with Crippen molar-refractivity contribution in [3.05, 3.63) is 52.4 Å². The molecule has 6 heteroatoms. The van der Waals surface area contributed by atoms with Crippen molar-refractivity contribution >= 4 is 25.2 Å². The molecule has 26 heavy (non-hydrogen) atoms. The molecule has 0 atom stereocenters. The van der Waals surface area contributed by atoms with Crippen molar-refractivity contribution in [3.8, 4) is 0 Å². The van der Waals surface area contributed by atoms with Crippen LogP contribution in [-0.4, -0.2) is 34.2 Å². The van der Waals surface area contributed by atoms with Gasteiger partial charge in [0.2, 0.25) is 0 Å². The number of esters is 2. The Morgan fingerprint density at radius 2 is 1.46 bits per heavy atom. The smallest absolute Gasteiger partial charge is 0.336 e. The topological polar surface area (TPSA) is 64.6 Å². The number of dihydropyridines is 1. The minimum absolute atomic E-state index is 0.436. The van der Waals surface area contributed by atoms with E-state index in [4.69, 9.17) is 9.47 Å². The Labute approximate surface area is 156 Å². The number of rotatable bonds is 4. The van der Waals surface area contributed by atoms with E-state index in [1.54, 1.807) is 0 Å². The molecule has 0 aromatic heterocycles. The van der Waals surface area contributed by atoms with Crippen molar-refractivity contribution < 1.29 is 19.1 Å². The molecule has 1 aromatic rings. The van der Waals surface area contributed by atoms with E-state index < -0.39 is 25.9 Å². The Morgan fingerprint density at radius 1 is 0.962 bits per heavy atom. The molecule has 140 valence electrons. The summed E-state index contributed by atoms with van der Waals surface area (Å²) in [6.45, 7) is 10.4. The molecule has 0 saturated heterocycles. The zero-order valence-corrected chi connectivity index (χ0v) is 17.5. The van der Waals surface area contributed by atoms with Crippen molar-refractivity contribution in [1.82, 2.24) is 5.32 Å². The van der Waals surface area contributed by atoms with Crippen LogP contribution in [-0.2, 0) is 19.1 Å². The second-order valence-corrected chi connectivity index (χ2v) is 12.6. The van der Waals surface area contributed by atoms with Gasteiger partial charge < -0.3 is 14.8 Å². The minimum atomic E-state index is -1.56. The highest BCUT2D eigenvalue weighted by Crippen LogP contribution is 2.38. The van der Waals surface area contributed by atoms with E-state index in [0.29, 0.717) is 22.5 Å². The molecular formula is C20H27NO4Si. The summed E-state index contributed by atoms with van der Waals surface area (Å²) < 4.78 is 10.0. The Hall–Kier alpha value is -2.34. The maximum absolute atomic E-state index is 12.5. The molecule has 1 N–H and O–H groups in total. The van der Waals surface area contributed by atoms with Gasteiger partial charge in [-0.1, -0.05) is 49.1 Å². The number of allylic oxidation sites excluding steroid dienone is 2. The highest BCUT2D eigenvalue weighted by atomic mass is 28.3. The van der Waals surface area contributed by atoms with E-state index >= 15 is 0 Å². The summed E-state index contributed by atoms with van der Waals surface area (Å²) in [6.07, 6.45) is 0. The Morgan fingerprint density at radius 3 is 1.88 bits per heavy atom. The summed E-state index contributed by atoms with van der Waals surface area (Å²) in [5.74, 6) is -1.42. The predicted octanol–water partition coefficient (Wildman–Crippen LogP) is 2.81. The molecule has 1 heterocycles. The third kappa shape index (κ3) is 3.75. The summed E-state index contributed by atoms with van der Waals surface area (Å²) >= 11 is 0. The molecule has 0 radical (unpaired) electrons. The lowest BCUT2D eigenvalue weighted by Gasteiger charge is -2.30. The van der Waals surface area contributed by atoms with Crippen LogP contribution in [0.4, 0.5) is 0 Å². The molecule has 5 nitrogen and oxygen atoms in total. The maximum Gasteiger partial charge on any atom is 0.336 e. The number of hydrogen-bond acceptors (Lipinski definition) is 5. The predicted molar refractivity (Wildman–Crippen MR) is 105 cm³/mol. The highest BCUT2D eigenvalue weighted by Gasteiger charge is 2.37. The van der Waals surface area contributed by atoms with E-state index in [9.17, 15) is 9.59 Å². The largest absolute Gasteiger partial charge is 0.466 e. The molecule has 1 aliphatic rings. The van der Waals surface area contributed by atoms with Crippen LogP contribution in [0.15, 0.2) is 46.8 Å². The van der Waals surface area contributed by atoms with E-state index in [-0.39, 0.29) is 0 Å². The summed E-state index contributed by atoms with van der Waals surface area (Å²) in [5.41, 5.74) is 3.14. The van der Waals surface area contributed by atoms with Crippen LogP contribution < -0.4 is 10.5 Å². The molecule has 1 aliphatic heterocycles. The summed E-state index contributed by atoms with van der Waals surface area (Å²) in [4.78, 5) is 25.0. The zero-order chi connectivity index (χ0) is 19.6. The van der Waals surface area contributed by atoms with Crippen molar-refractivity contribution in [3.63, 3.8) is 0 Å². The number of nitrogens with one attached hydrogen (secondary N) is 1. The van der Waals surface area contributed by atoms with Gasteiger partial charge in [-0.05, 0) is 19.4 Å². The SMILES string of the molecule is COC(=O)C1=C(C)NC(C)=C(C(=O)OC)C1c1cccc([Si](C)(C)C)c1. The lowest BCUT2D eigenvalue weighted by Crippen LogP contribution is -2.38. The first-order chi connectivity index (χ1) is 12.1. The molecule has 0 spiro atoms. The molecule has 0 fully saturated rings. The van der Waals surface area contributed by atoms with E-state index in [1.807, 2.05) is 26.0 Å². The van der Waals surface area contributed by atoms with Crippen LogP contribution in [0.3, 0.4) is 0 Å². The lowest BCUT2D eigenvalue weighted by molar-refractivity contribution is -0.137. The minimum Gasteiger partial charge on any atom is -0.466 e. The van der Waals surface area contributed by atoms with Gasteiger partial charge in [-0.2, -0.15) is 0 Å². The quantitative estimate of drug-likeness (QED) is 0.649. The molecule has 0 unspecified atom stereocenters. The fourth-order valence-electron chi connectivity index (χ4n) is 3.27. The van der Waals surface area contributed by atoms with Crippen molar-refractivity contribution in [2.75, 3.05) is 14.2 Å². The first-order valence-corrected chi connectivity index (χ1v) is 12.1. The first-order valence-electron chi connectivity index (χ1n) is 8.57. The van der Waals surface area contributed by atoms with Crippen LogP contribution in [0.2, 0.25) is 19.6 Å². The van der Waals surface area contributed by atoms with E-state index in [2.05, 4.69) is 37.1 Å². The zero-order valence-electron chi connectivity index (χ0n) is 16.5. The molecule has 0 aliphatic carbocycles. The van der Waals surface area contributed by atoms with Gasteiger partial charge in [0.05, 0.1) is 39.4 Å². The van der Waals surface area contributed by atoms with Gasteiger partial charge in [0.15, 0.2) is 0 Å². The Bertz CT molecular complexity index is 764. The number of benzene rings is 1. The Kier molecular flexibility index (Phi) is 5.76. The number of methoxy groups -OCH3 is 2. The second kappa shape index (κ2) is 7.49. The molecule has 0 saturated carbocycles. The Balaban J connectivity index is 2.73. The van der Waals surface area contributed by atoms with Crippen LogP contribution in [0.25, 0.3) is 0 Å². The van der Waals surface area contributed by atoms with E-state index in [1.165, 1.54) is 19.4 Å². The molecule has 0 bridgehead atoms. The fourth-order valence-corrected chi connectivity index (χ4v) is 4.47. The van der Waals surface area contributed by atoms with Crippen molar-refractivity contribution in [2.24, 2.45) is 0 Å². The maximum atomic E-state index is 12.5. The van der Waals surface area contributed by atoms with Crippen LogP contribution in [0, 0.1) is 0 Å². The molecule has 1 aromatic carbocycles. The van der Waals surface area contributed by atoms with Gasteiger partial charge in [-0.3, -0.25) is 0 Å². The van der Waals surface area contributed by atoms with Gasteiger partial charge in [-0.15, -0.1) is 0 Å². The summed E-state index contributed by atoms with van der Waals surface area (Å²) in [5, 5.41) is 4.38.